The van der Waals surface area contributed by atoms with Crippen LogP contribution in [0.15, 0.2) is 42.5 Å². The van der Waals surface area contributed by atoms with Crippen molar-refractivity contribution >= 4 is 35.2 Å². The maximum atomic E-state index is 12.6. The van der Waals surface area contributed by atoms with Crippen LogP contribution in [-0.2, 0) is 9.59 Å². The Morgan fingerprint density at radius 1 is 1.07 bits per heavy atom. The number of benzene rings is 1. The summed E-state index contributed by atoms with van der Waals surface area (Å²) in [5.74, 6) is -0.635. The van der Waals surface area contributed by atoms with E-state index in [1.54, 1.807) is 24.3 Å². The highest BCUT2D eigenvalue weighted by molar-refractivity contribution is 7.80. The van der Waals surface area contributed by atoms with Gasteiger partial charge in [0.2, 0.25) is 0 Å². The maximum Gasteiger partial charge on any atom is 0.331 e. The van der Waals surface area contributed by atoms with Gasteiger partial charge in [0.25, 0.3) is 11.8 Å². The standard InChI is InChI=1S/C19H17N5O5S/c1-4-9-24-15(26)13(14(25)20-19(24)30)10-11-5-7-12(8-6-11)29-18-22-16(27-2)21-17(23-18)28-3/h4-8,10H,1,9H2,2-3H3,(H,20,25,30). The summed E-state index contributed by atoms with van der Waals surface area (Å²) in [6.07, 6.45) is 2.99. The summed E-state index contributed by atoms with van der Waals surface area (Å²) in [4.78, 5) is 37.9. The topological polar surface area (TPSA) is 116 Å². The molecule has 0 radical (unpaired) electrons. The van der Waals surface area contributed by atoms with Crippen molar-refractivity contribution in [3.05, 3.63) is 48.1 Å². The molecule has 0 spiro atoms. The monoisotopic (exact) mass is 427 g/mol. The summed E-state index contributed by atoms with van der Waals surface area (Å²) >= 11 is 5.03. The van der Waals surface area contributed by atoms with E-state index in [9.17, 15) is 9.59 Å². The molecule has 0 unspecified atom stereocenters. The fourth-order valence-corrected chi connectivity index (χ4v) is 2.69. The summed E-state index contributed by atoms with van der Waals surface area (Å²) in [6.45, 7) is 3.78. The first kappa shape index (κ1) is 20.9. The molecule has 2 heterocycles. The average molecular weight is 427 g/mol. The van der Waals surface area contributed by atoms with Gasteiger partial charge in [-0.1, -0.05) is 18.2 Å². The van der Waals surface area contributed by atoms with E-state index in [1.807, 2.05) is 0 Å². The van der Waals surface area contributed by atoms with Crippen molar-refractivity contribution in [2.24, 2.45) is 0 Å². The highest BCUT2D eigenvalue weighted by Gasteiger charge is 2.32. The molecule has 1 aliphatic rings. The number of carbonyl (C=O) groups excluding carboxylic acids is 2. The number of carbonyl (C=O) groups is 2. The molecule has 11 heteroatoms. The van der Waals surface area contributed by atoms with Gasteiger partial charge in [0, 0.05) is 6.54 Å². The molecule has 10 nitrogen and oxygen atoms in total. The average Bonchev–Trinajstić information content (AvgIpc) is 2.75. The van der Waals surface area contributed by atoms with Crippen LogP contribution in [0.1, 0.15) is 5.56 Å². The van der Waals surface area contributed by atoms with E-state index in [0.29, 0.717) is 11.3 Å². The minimum atomic E-state index is -0.560. The van der Waals surface area contributed by atoms with Crippen LogP contribution < -0.4 is 19.5 Å². The number of aromatic nitrogens is 3. The molecule has 2 amide bonds. The van der Waals surface area contributed by atoms with E-state index in [0.717, 1.165) is 0 Å². The number of hydrogen-bond donors (Lipinski definition) is 1. The third kappa shape index (κ3) is 4.58. The Labute approximate surface area is 177 Å². The van der Waals surface area contributed by atoms with E-state index < -0.39 is 11.8 Å². The second-order valence-electron chi connectivity index (χ2n) is 5.78. The molecule has 3 rings (SSSR count). The van der Waals surface area contributed by atoms with Crippen molar-refractivity contribution in [1.82, 2.24) is 25.2 Å². The molecular formula is C19H17N5O5S. The molecule has 1 aromatic carbocycles. The van der Waals surface area contributed by atoms with Crippen LogP contribution in [0, 0.1) is 0 Å². The molecule has 2 aromatic rings. The van der Waals surface area contributed by atoms with Gasteiger partial charge in [-0.05, 0) is 36.0 Å². The minimum absolute atomic E-state index is 0.0137. The third-order valence-electron chi connectivity index (χ3n) is 3.84. The first-order chi connectivity index (χ1) is 14.4. The molecule has 1 aliphatic heterocycles. The molecule has 1 saturated heterocycles. The second kappa shape index (κ2) is 9.09. The first-order valence-corrected chi connectivity index (χ1v) is 8.97. The van der Waals surface area contributed by atoms with Gasteiger partial charge in [0.05, 0.1) is 14.2 Å². The summed E-state index contributed by atoms with van der Waals surface area (Å²) in [7, 11) is 2.82. The Balaban J connectivity index is 1.80. The summed E-state index contributed by atoms with van der Waals surface area (Å²) < 4.78 is 15.5. The van der Waals surface area contributed by atoms with Crippen LogP contribution in [-0.4, -0.2) is 57.5 Å². The normalized spacial score (nSPS) is 15.1. The van der Waals surface area contributed by atoms with Gasteiger partial charge < -0.3 is 14.2 Å². The Bertz CT molecular complexity index is 1020. The molecule has 0 bridgehead atoms. The predicted molar refractivity (Wildman–Crippen MR) is 110 cm³/mol. The number of nitrogens with zero attached hydrogens (tertiary/aromatic N) is 4. The van der Waals surface area contributed by atoms with Crippen molar-refractivity contribution in [3.8, 4) is 23.8 Å². The van der Waals surface area contributed by atoms with Crippen molar-refractivity contribution in [2.45, 2.75) is 0 Å². The van der Waals surface area contributed by atoms with Crippen LogP contribution in [0.3, 0.4) is 0 Å². The first-order valence-electron chi connectivity index (χ1n) is 8.57. The van der Waals surface area contributed by atoms with Gasteiger partial charge in [-0.3, -0.25) is 19.8 Å². The lowest BCUT2D eigenvalue weighted by Gasteiger charge is -2.27. The molecule has 154 valence electrons. The lowest BCUT2D eigenvalue weighted by atomic mass is 10.1. The third-order valence-corrected chi connectivity index (χ3v) is 4.16. The van der Waals surface area contributed by atoms with E-state index in [1.165, 1.54) is 31.3 Å². The van der Waals surface area contributed by atoms with Crippen molar-refractivity contribution in [3.63, 3.8) is 0 Å². The van der Waals surface area contributed by atoms with Crippen LogP contribution in [0.25, 0.3) is 6.08 Å². The van der Waals surface area contributed by atoms with Crippen LogP contribution >= 0.6 is 12.2 Å². The zero-order valence-corrected chi connectivity index (χ0v) is 16.9. The van der Waals surface area contributed by atoms with Gasteiger partial charge in [-0.25, -0.2) is 0 Å². The number of rotatable bonds is 7. The number of methoxy groups -OCH3 is 2. The van der Waals surface area contributed by atoms with Crippen molar-refractivity contribution in [1.29, 1.82) is 0 Å². The zero-order chi connectivity index (χ0) is 21.7. The molecule has 0 saturated carbocycles. The number of nitrogens with one attached hydrogen (secondary N) is 1. The van der Waals surface area contributed by atoms with Crippen LogP contribution in [0.5, 0.6) is 23.8 Å². The molecule has 1 fully saturated rings. The Kier molecular flexibility index (Phi) is 6.32. The number of hydrogen-bond acceptors (Lipinski definition) is 9. The maximum absolute atomic E-state index is 12.6. The number of thiocarbonyl (C=S) groups is 1. The lowest BCUT2D eigenvalue weighted by Crippen LogP contribution is -2.53. The fourth-order valence-electron chi connectivity index (χ4n) is 2.44. The van der Waals surface area contributed by atoms with E-state index in [-0.39, 0.29) is 35.3 Å². The quantitative estimate of drug-likeness (QED) is 0.304. The Morgan fingerprint density at radius 2 is 1.67 bits per heavy atom. The van der Waals surface area contributed by atoms with Gasteiger partial charge in [0.1, 0.15) is 11.3 Å². The van der Waals surface area contributed by atoms with Crippen LogP contribution in [0.4, 0.5) is 0 Å². The fraction of sp³-hybridized carbons (Fsp3) is 0.158. The van der Waals surface area contributed by atoms with Crippen molar-refractivity contribution < 1.29 is 23.8 Å². The van der Waals surface area contributed by atoms with Crippen LogP contribution in [0.2, 0.25) is 0 Å². The lowest BCUT2D eigenvalue weighted by molar-refractivity contribution is -0.128. The van der Waals surface area contributed by atoms with Crippen molar-refractivity contribution in [2.75, 3.05) is 20.8 Å². The Hall–Kier alpha value is -3.86. The molecular weight excluding hydrogens is 410 g/mol. The second-order valence-corrected chi connectivity index (χ2v) is 6.17. The minimum Gasteiger partial charge on any atom is -0.467 e. The van der Waals surface area contributed by atoms with Gasteiger partial charge >= 0.3 is 18.0 Å². The van der Waals surface area contributed by atoms with E-state index >= 15 is 0 Å². The van der Waals surface area contributed by atoms with E-state index in [4.69, 9.17) is 26.4 Å². The number of ether oxygens (including phenoxy) is 3. The van der Waals surface area contributed by atoms with Gasteiger partial charge in [0.15, 0.2) is 5.11 Å². The largest absolute Gasteiger partial charge is 0.467 e. The highest BCUT2D eigenvalue weighted by atomic mass is 32.1. The molecule has 0 atom stereocenters. The summed E-state index contributed by atoms with van der Waals surface area (Å²) in [6, 6.07) is 6.68. The smallest absolute Gasteiger partial charge is 0.331 e. The summed E-state index contributed by atoms with van der Waals surface area (Å²) in [5.41, 5.74) is 0.573. The summed E-state index contributed by atoms with van der Waals surface area (Å²) in [5, 5.41) is 2.54. The molecule has 30 heavy (non-hydrogen) atoms. The predicted octanol–water partition coefficient (Wildman–Crippen LogP) is 1.49. The van der Waals surface area contributed by atoms with Gasteiger partial charge in [-0.2, -0.15) is 0 Å². The SMILES string of the molecule is C=CCN1C(=O)C(=Cc2ccc(Oc3nc(OC)nc(OC)n3)cc2)C(=O)NC1=S. The molecule has 1 aromatic heterocycles. The zero-order valence-electron chi connectivity index (χ0n) is 16.1. The molecule has 1 N–H and O–H groups in total. The highest BCUT2D eigenvalue weighted by Crippen LogP contribution is 2.23. The van der Waals surface area contributed by atoms with E-state index in [2.05, 4.69) is 26.8 Å². The Morgan fingerprint density at radius 3 is 2.23 bits per heavy atom. The molecule has 0 aliphatic carbocycles. The van der Waals surface area contributed by atoms with Gasteiger partial charge in [-0.15, -0.1) is 21.5 Å². The number of amides is 2.